The van der Waals surface area contributed by atoms with Gasteiger partial charge in [-0.2, -0.15) is 0 Å². The smallest absolute Gasteiger partial charge is 0.407 e. The van der Waals surface area contributed by atoms with Gasteiger partial charge in [-0.3, -0.25) is 9.59 Å². The number of alkyl carbamates (subject to hydrolysis) is 1. The first-order valence-electron chi connectivity index (χ1n) is 12.2. The first-order valence-corrected chi connectivity index (χ1v) is 12.2. The Hall–Kier alpha value is -3.39. The monoisotopic (exact) mass is 480 g/mol. The molecule has 35 heavy (non-hydrogen) atoms. The van der Waals surface area contributed by atoms with Gasteiger partial charge in [0, 0.05) is 18.9 Å². The molecule has 2 aromatic carbocycles. The Balaban J connectivity index is 1.09. The van der Waals surface area contributed by atoms with Crippen LogP contribution in [0.25, 0.3) is 11.1 Å². The van der Waals surface area contributed by atoms with Crippen molar-refractivity contribution >= 4 is 18.0 Å². The molecule has 2 atom stereocenters. The maximum Gasteiger partial charge on any atom is 0.407 e. The van der Waals surface area contributed by atoms with E-state index in [1.807, 2.05) is 24.3 Å². The first-order chi connectivity index (χ1) is 17.0. The van der Waals surface area contributed by atoms with E-state index >= 15 is 0 Å². The fourth-order valence-electron chi connectivity index (χ4n) is 4.82. The van der Waals surface area contributed by atoms with Crippen molar-refractivity contribution in [3.8, 4) is 11.1 Å². The van der Waals surface area contributed by atoms with Crippen molar-refractivity contribution in [2.24, 2.45) is 5.92 Å². The van der Waals surface area contributed by atoms with E-state index in [4.69, 9.17) is 14.6 Å². The molecule has 3 N–H and O–H groups in total. The molecule has 2 aliphatic rings. The summed E-state index contributed by atoms with van der Waals surface area (Å²) in [5.41, 5.74) is 4.77. The molecular weight excluding hydrogens is 448 g/mol. The van der Waals surface area contributed by atoms with E-state index in [0.717, 1.165) is 19.3 Å². The second-order valence-corrected chi connectivity index (χ2v) is 9.07. The minimum Gasteiger partial charge on any atom is -0.481 e. The van der Waals surface area contributed by atoms with E-state index in [1.54, 1.807) is 0 Å². The van der Waals surface area contributed by atoms with Gasteiger partial charge in [-0.15, -0.1) is 0 Å². The number of unbranched alkanes of at least 4 members (excludes halogenated alkanes) is 3. The summed E-state index contributed by atoms with van der Waals surface area (Å²) in [5, 5.41) is 14.7. The number of carboxylic acids is 1. The summed E-state index contributed by atoms with van der Waals surface area (Å²) >= 11 is 0. The minimum atomic E-state index is -0.947. The highest BCUT2D eigenvalue weighted by Gasteiger charge is 2.34. The number of fused-ring (bicyclic) bond motifs is 3. The number of carboxylic acid groups (broad SMARTS) is 1. The molecule has 4 rings (SSSR count). The Morgan fingerprint density at radius 1 is 0.914 bits per heavy atom. The van der Waals surface area contributed by atoms with Gasteiger partial charge in [-0.1, -0.05) is 61.4 Å². The van der Waals surface area contributed by atoms with Crippen LogP contribution in [-0.4, -0.2) is 55.5 Å². The SMILES string of the molecule is O=C(CCCCCCNC(=O)OCC1c2ccccc2-c2ccccc21)NC1COCC1C(=O)O. The third kappa shape index (κ3) is 6.19. The molecule has 8 nitrogen and oxygen atoms in total. The third-order valence-electron chi connectivity index (χ3n) is 6.69. The van der Waals surface area contributed by atoms with Crippen molar-refractivity contribution < 1.29 is 29.0 Å². The summed E-state index contributed by atoms with van der Waals surface area (Å²) in [6.07, 6.45) is 3.16. The molecule has 186 valence electrons. The van der Waals surface area contributed by atoms with Crippen molar-refractivity contribution in [1.82, 2.24) is 10.6 Å². The molecule has 1 aliphatic carbocycles. The van der Waals surface area contributed by atoms with E-state index in [0.29, 0.717) is 26.0 Å². The van der Waals surface area contributed by atoms with Gasteiger partial charge in [-0.25, -0.2) is 4.79 Å². The summed E-state index contributed by atoms with van der Waals surface area (Å²) in [4.78, 5) is 35.4. The molecule has 2 aromatic rings. The second kappa shape index (κ2) is 11.8. The van der Waals surface area contributed by atoms with E-state index in [9.17, 15) is 14.4 Å². The quantitative estimate of drug-likeness (QED) is 0.423. The zero-order chi connectivity index (χ0) is 24.6. The molecule has 1 fully saturated rings. The lowest BCUT2D eigenvalue weighted by Crippen LogP contribution is -2.42. The lowest BCUT2D eigenvalue weighted by molar-refractivity contribution is -0.142. The summed E-state index contributed by atoms with van der Waals surface area (Å²) < 4.78 is 10.7. The van der Waals surface area contributed by atoms with E-state index in [-0.39, 0.29) is 25.0 Å². The third-order valence-corrected chi connectivity index (χ3v) is 6.69. The minimum absolute atomic E-state index is 0.0425. The highest BCUT2D eigenvalue weighted by Crippen LogP contribution is 2.44. The number of rotatable bonds is 11. The highest BCUT2D eigenvalue weighted by atomic mass is 16.5. The van der Waals surface area contributed by atoms with Gasteiger partial charge in [0.2, 0.25) is 5.91 Å². The number of aliphatic carboxylic acids is 1. The molecule has 0 spiro atoms. The van der Waals surface area contributed by atoms with Gasteiger partial charge in [0.25, 0.3) is 0 Å². The Labute approximate surface area is 205 Å². The van der Waals surface area contributed by atoms with Crippen LogP contribution in [0, 0.1) is 5.92 Å². The molecular formula is C27H32N2O6. The Bertz CT molecular complexity index is 1010. The standard InChI is InChI=1S/C27H32N2O6/c30-25(29-24-17-34-15-23(24)26(31)32)13-3-1-2-8-14-28-27(33)35-16-22-20-11-6-4-9-18(20)19-10-5-7-12-21(19)22/h4-7,9-12,22-24H,1-3,8,13-17H2,(H,28,33)(H,29,30)(H,31,32). The Morgan fingerprint density at radius 3 is 2.26 bits per heavy atom. The summed E-state index contributed by atoms with van der Waals surface area (Å²) in [7, 11) is 0. The average molecular weight is 481 g/mol. The van der Waals surface area contributed by atoms with Crippen molar-refractivity contribution in [1.29, 1.82) is 0 Å². The maximum atomic E-state index is 12.2. The van der Waals surface area contributed by atoms with Crippen molar-refractivity contribution in [3.63, 3.8) is 0 Å². The number of carbonyl (C=O) groups is 3. The summed E-state index contributed by atoms with van der Waals surface area (Å²) in [5.74, 6) is -1.73. The molecule has 1 heterocycles. The fraction of sp³-hybridized carbons (Fsp3) is 0.444. The van der Waals surface area contributed by atoms with Crippen LogP contribution in [0.4, 0.5) is 4.79 Å². The van der Waals surface area contributed by atoms with Crippen LogP contribution in [0.5, 0.6) is 0 Å². The number of hydrogen-bond acceptors (Lipinski definition) is 5. The van der Waals surface area contributed by atoms with Gasteiger partial charge in [-0.05, 0) is 35.1 Å². The predicted molar refractivity (Wildman–Crippen MR) is 130 cm³/mol. The lowest BCUT2D eigenvalue weighted by atomic mass is 9.98. The maximum absolute atomic E-state index is 12.2. The largest absolute Gasteiger partial charge is 0.481 e. The fourth-order valence-corrected chi connectivity index (χ4v) is 4.82. The zero-order valence-electron chi connectivity index (χ0n) is 19.7. The van der Waals surface area contributed by atoms with Crippen LogP contribution >= 0.6 is 0 Å². The van der Waals surface area contributed by atoms with E-state index in [1.165, 1.54) is 22.3 Å². The van der Waals surface area contributed by atoms with Gasteiger partial charge in [0.05, 0.1) is 19.3 Å². The molecule has 2 amide bonds. The number of amides is 2. The van der Waals surface area contributed by atoms with Crippen LogP contribution in [0.3, 0.4) is 0 Å². The van der Waals surface area contributed by atoms with Gasteiger partial charge in [0.15, 0.2) is 0 Å². The summed E-state index contributed by atoms with van der Waals surface area (Å²) in [6.45, 7) is 1.19. The van der Waals surface area contributed by atoms with Crippen LogP contribution in [-0.2, 0) is 19.1 Å². The molecule has 1 aliphatic heterocycles. The molecule has 1 saturated heterocycles. The number of hydrogen-bond donors (Lipinski definition) is 3. The van der Waals surface area contributed by atoms with Gasteiger partial charge < -0.3 is 25.2 Å². The van der Waals surface area contributed by atoms with E-state index < -0.39 is 24.0 Å². The molecule has 8 heteroatoms. The Morgan fingerprint density at radius 2 is 1.57 bits per heavy atom. The molecule has 0 aromatic heterocycles. The highest BCUT2D eigenvalue weighted by molar-refractivity contribution is 5.79. The first kappa shape index (κ1) is 24.7. The topological polar surface area (TPSA) is 114 Å². The summed E-state index contributed by atoms with van der Waals surface area (Å²) in [6, 6.07) is 16.0. The van der Waals surface area contributed by atoms with Crippen molar-refractivity contribution in [2.75, 3.05) is 26.4 Å². The van der Waals surface area contributed by atoms with Crippen LogP contribution in [0.15, 0.2) is 48.5 Å². The number of carbonyl (C=O) groups excluding carboxylic acids is 2. The number of benzene rings is 2. The lowest BCUT2D eigenvalue weighted by Gasteiger charge is -2.15. The van der Waals surface area contributed by atoms with Crippen LogP contribution in [0.1, 0.15) is 49.1 Å². The molecule has 2 unspecified atom stereocenters. The number of nitrogens with one attached hydrogen (secondary N) is 2. The molecule has 0 radical (unpaired) electrons. The predicted octanol–water partition coefficient (Wildman–Crippen LogP) is 3.69. The normalized spacial score (nSPS) is 18.5. The van der Waals surface area contributed by atoms with Crippen molar-refractivity contribution in [3.05, 3.63) is 59.7 Å². The second-order valence-electron chi connectivity index (χ2n) is 9.07. The van der Waals surface area contributed by atoms with Gasteiger partial charge >= 0.3 is 12.1 Å². The average Bonchev–Trinajstić information content (AvgIpc) is 3.45. The molecule has 0 bridgehead atoms. The van der Waals surface area contributed by atoms with E-state index in [2.05, 4.69) is 34.9 Å². The zero-order valence-corrected chi connectivity index (χ0v) is 19.7. The Kier molecular flexibility index (Phi) is 8.36. The number of ether oxygens (including phenoxy) is 2. The van der Waals surface area contributed by atoms with Gasteiger partial charge in [0.1, 0.15) is 12.5 Å². The van der Waals surface area contributed by atoms with Crippen LogP contribution in [0.2, 0.25) is 0 Å². The molecule has 0 saturated carbocycles. The van der Waals surface area contributed by atoms with Crippen LogP contribution < -0.4 is 10.6 Å². The van der Waals surface area contributed by atoms with Crippen molar-refractivity contribution in [2.45, 2.75) is 44.1 Å².